The van der Waals surface area contributed by atoms with E-state index in [-0.39, 0.29) is 11.7 Å². The second-order valence-electron chi connectivity index (χ2n) is 7.79. The molecule has 0 amide bonds. The molecule has 0 aliphatic heterocycles. The number of hydrogen-bond donors (Lipinski definition) is 0. The van der Waals surface area contributed by atoms with Crippen molar-refractivity contribution in [1.82, 2.24) is 0 Å². The van der Waals surface area contributed by atoms with Gasteiger partial charge in [0.2, 0.25) is 0 Å². The predicted octanol–water partition coefficient (Wildman–Crippen LogP) is 9.51. The molecule has 2 unspecified atom stereocenters. The molecule has 1 rings (SSSR count). The van der Waals surface area contributed by atoms with Gasteiger partial charge in [0.1, 0.15) is 5.82 Å². The molecule has 0 nitrogen and oxygen atoms in total. The molecule has 0 N–H and O–H groups in total. The van der Waals surface area contributed by atoms with Crippen molar-refractivity contribution in [1.29, 1.82) is 0 Å². The normalized spacial score (nSPS) is 15.0. The van der Waals surface area contributed by atoms with Crippen LogP contribution in [0.1, 0.15) is 92.2 Å². The van der Waals surface area contributed by atoms with Crippen LogP contribution in [0.3, 0.4) is 0 Å². The molecule has 0 aromatic heterocycles. The largest absolute Gasteiger partial charge is 0.207 e. The lowest BCUT2D eigenvalue weighted by molar-refractivity contribution is 0.493. The summed E-state index contributed by atoms with van der Waals surface area (Å²) in [5, 5.41) is 0. The van der Waals surface area contributed by atoms with Gasteiger partial charge < -0.3 is 0 Å². The van der Waals surface area contributed by atoms with Crippen LogP contribution in [-0.4, -0.2) is 0 Å². The minimum atomic E-state index is -0.136. The molecule has 0 saturated heterocycles. The number of halogens is 1. The Morgan fingerprint density at radius 2 is 1.59 bits per heavy atom. The lowest BCUT2D eigenvalue weighted by atomic mass is 9.90. The summed E-state index contributed by atoms with van der Waals surface area (Å²) in [6.45, 7) is 18.9. The Balaban J connectivity index is 0.00000379. The Morgan fingerprint density at radius 1 is 0.931 bits per heavy atom. The van der Waals surface area contributed by atoms with Crippen LogP contribution in [0.5, 0.6) is 0 Å². The summed E-state index contributed by atoms with van der Waals surface area (Å²) >= 11 is 0. The highest BCUT2D eigenvalue weighted by Gasteiger charge is 2.11. The predicted molar refractivity (Wildman–Crippen MR) is 131 cm³/mol. The molecule has 0 heterocycles. The number of hydrogen-bond acceptors (Lipinski definition) is 0. The van der Waals surface area contributed by atoms with E-state index in [1.165, 1.54) is 18.4 Å². The summed E-state index contributed by atoms with van der Waals surface area (Å²) < 4.78 is 14.7. The monoisotopic (exact) mass is 398 g/mol. The lowest BCUT2D eigenvalue weighted by Gasteiger charge is -2.15. The number of benzene rings is 1. The zero-order valence-corrected chi connectivity index (χ0v) is 20.2. The molecule has 1 aromatic rings. The highest BCUT2D eigenvalue weighted by molar-refractivity contribution is 5.73. The molecule has 1 aromatic carbocycles. The van der Waals surface area contributed by atoms with Crippen molar-refractivity contribution in [3.63, 3.8) is 0 Å². The first-order valence-corrected chi connectivity index (χ1v) is 11.3. The van der Waals surface area contributed by atoms with Crippen molar-refractivity contribution in [2.24, 2.45) is 11.8 Å². The topological polar surface area (TPSA) is 0 Å². The average molecular weight is 399 g/mol. The van der Waals surface area contributed by atoms with Crippen LogP contribution < -0.4 is 0 Å². The quantitative estimate of drug-likeness (QED) is 0.363. The van der Waals surface area contributed by atoms with Crippen LogP contribution in [0.25, 0.3) is 5.57 Å². The Hall–Kier alpha value is -1.89. The van der Waals surface area contributed by atoms with E-state index in [0.717, 1.165) is 22.6 Å². The van der Waals surface area contributed by atoms with Gasteiger partial charge in [-0.3, -0.25) is 0 Å². The molecule has 0 aliphatic carbocycles. The molecule has 0 spiro atoms. The fourth-order valence-electron chi connectivity index (χ4n) is 3.27. The maximum Gasteiger partial charge on any atom is 0.127 e. The summed E-state index contributed by atoms with van der Waals surface area (Å²) in [4.78, 5) is 0. The van der Waals surface area contributed by atoms with Crippen molar-refractivity contribution >= 4 is 5.57 Å². The third-order valence-electron chi connectivity index (χ3n) is 5.14. The summed E-state index contributed by atoms with van der Waals surface area (Å²) in [5.41, 5.74) is 4.05. The zero-order valence-electron chi connectivity index (χ0n) is 20.2. The van der Waals surface area contributed by atoms with Gasteiger partial charge in [0.15, 0.2) is 0 Å². The summed E-state index contributed by atoms with van der Waals surface area (Å²) in [7, 11) is 0. The van der Waals surface area contributed by atoms with Gasteiger partial charge in [-0.2, -0.15) is 0 Å². The van der Waals surface area contributed by atoms with Crippen LogP contribution in [-0.2, 0) is 0 Å². The molecule has 29 heavy (non-hydrogen) atoms. The maximum absolute atomic E-state index is 14.7. The SMILES string of the molecule is C/C=C\C(=C/C)c1ccc(C(C)/C=C\C(=C/C)C(C)CCC(C)C)c(F)c1.CC. The minimum absolute atomic E-state index is 0.0436. The fraction of sp³-hybridized carbons (Fsp3) is 0.500. The van der Waals surface area contributed by atoms with Crippen LogP contribution >= 0.6 is 0 Å². The van der Waals surface area contributed by atoms with Gasteiger partial charge in [-0.25, -0.2) is 4.39 Å². The summed E-state index contributed by atoms with van der Waals surface area (Å²) in [6, 6.07) is 5.58. The van der Waals surface area contributed by atoms with E-state index >= 15 is 0 Å². The van der Waals surface area contributed by atoms with Gasteiger partial charge >= 0.3 is 0 Å². The zero-order chi connectivity index (χ0) is 22.4. The highest BCUT2D eigenvalue weighted by atomic mass is 19.1. The van der Waals surface area contributed by atoms with Gasteiger partial charge in [-0.15, -0.1) is 0 Å². The van der Waals surface area contributed by atoms with Gasteiger partial charge in [0.05, 0.1) is 0 Å². The van der Waals surface area contributed by atoms with E-state index in [0.29, 0.717) is 5.92 Å². The third-order valence-corrected chi connectivity index (χ3v) is 5.14. The smallest absolute Gasteiger partial charge is 0.127 e. The Morgan fingerprint density at radius 3 is 2.07 bits per heavy atom. The average Bonchev–Trinajstić information content (AvgIpc) is 2.72. The Kier molecular flexibility index (Phi) is 14.0. The molecule has 0 saturated carbocycles. The maximum atomic E-state index is 14.7. The van der Waals surface area contributed by atoms with Crippen LogP contribution in [0.15, 0.2) is 60.2 Å². The van der Waals surface area contributed by atoms with E-state index in [2.05, 4.69) is 52.8 Å². The van der Waals surface area contributed by atoms with Gasteiger partial charge in [-0.05, 0) is 67.4 Å². The van der Waals surface area contributed by atoms with Crippen LogP contribution in [0.4, 0.5) is 4.39 Å². The van der Waals surface area contributed by atoms with Gasteiger partial charge in [0.25, 0.3) is 0 Å². The van der Waals surface area contributed by atoms with Gasteiger partial charge in [0, 0.05) is 5.92 Å². The first-order chi connectivity index (χ1) is 13.8. The van der Waals surface area contributed by atoms with Gasteiger partial charge in [-0.1, -0.05) is 96.6 Å². The second kappa shape index (κ2) is 15.0. The second-order valence-corrected chi connectivity index (χ2v) is 7.79. The van der Waals surface area contributed by atoms with Crippen molar-refractivity contribution < 1.29 is 4.39 Å². The Bertz CT molecular complexity index is 701. The first kappa shape index (κ1) is 27.1. The molecule has 2 atom stereocenters. The van der Waals surface area contributed by atoms with Crippen molar-refractivity contribution in [3.8, 4) is 0 Å². The fourth-order valence-corrected chi connectivity index (χ4v) is 3.27. The molecule has 0 fully saturated rings. The molecule has 0 radical (unpaired) electrons. The summed E-state index contributed by atoms with van der Waals surface area (Å²) in [6.07, 6.45) is 14.9. The third kappa shape index (κ3) is 9.43. The first-order valence-electron chi connectivity index (χ1n) is 11.3. The molecular weight excluding hydrogens is 355 g/mol. The summed E-state index contributed by atoms with van der Waals surface area (Å²) in [5.74, 6) is 1.17. The number of rotatable bonds is 9. The van der Waals surface area contributed by atoms with Crippen LogP contribution in [0, 0.1) is 17.7 Å². The molecule has 0 aliphatic rings. The van der Waals surface area contributed by atoms with Crippen LogP contribution in [0.2, 0.25) is 0 Å². The highest BCUT2D eigenvalue weighted by Crippen LogP contribution is 2.27. The minimum Gasteiger partial charge on any atom is -0.207 e. The Labute approximate surface area is 180 Å². The molecule has 162 valence electrons. The molecular formula is C28H43F. The standard InChI is InChI=1S/C26H37F.C2H6/c1-8-11-23(10-3)24-16-17-25(26(27)18-24)21(7)14-15-22(9-2)20(6)13-12-19(4)5;1-2/h8-11,14-21H,12-13H2,1-7H3;1-2H3/b11-8-,15-14-,22-9+,23-10+;. The van der Waals surface area contributed by atoms with Crippen molar-refractivity contribution in [3.05, 3.63) is 77.2 Å². The van der Waals surface area contributed by atoms with E-state index in [1.54, 1.807) is 6.07 Å². The van der Waals surface area contributed by atoms with E-state index in [9.17, 15) is 4.39 Å². The van der Waals surface area contributed by atoms with Crippen molar-refractivity contribution in [2.45, 2.75) is 81.1 Å². The van der Waals surface area contributed by atoms with E-state index in [1.807, 2.05) is 58.1 Å². The number of allylic oxidation sites excluding steroid dienone is 8. The molecule has 0 bridgehead atoms. The molecule has 1 heteroatoms. The van der Waals surface area contributed by atoms with E-state index in [4.69, 9.17) is 0 Å². The van der Waals surface area contributed by atoms with E-state index < -0.39 is 0 Å². The van der Waals surface area contributed by atoms with Crippen molar-refractivity contribution in [2.75, 3.05) is 0 Å². The lowest BCUT2D eigenvalue weighted by Crippen LogP contribution is -2.01.